The Morgan fingerprint density at radius 1 is 1.29 bits per heavy atom. The molecule has 8 heteroatoms. The van der Waals surface area contributed by atoms with Gasteiger partial charge in [-0.2, -0.15) is 9.61 Å². The van der Waals surface area contributed by atoms with Crippen LogP contribution < -0.4 is 5.32 Å². The van der Waals surface area contributed by atoms with Crippen molar-refractivity contribution in [1.82, 2.24) is 30.1 Å². The third-order valence-corrected chi connectivity index (χ3v) is 4.35. The third kappa shape index (κ3) is 2.74. The van der Waals surface area contributed by atoms with Gasteiger partial charge in [0.15, 0.2) is 5.65 Å². The Bertz CT molecular complexity index is 980. The molecule has 4 aromatic rings. The Kier molecular flexibility index (Phi) is 3.72. The van der Waals surface area contributed by atoms with Gasteiger partial charge in [0.05, 0.1) is 6.54 Å². The molecule has 0 saturated carbocycles. The summed E-state index contributed by atoms with van der Waals surface area (Å²) in [5, 5.41) is 17.1. The molecule has 7 nitrogen and oxygen atoms in total. The van der Waals surface area contributed by atoms with Crippen LogP contribution in [0.15, 0.2) is 54.4 Å². The quantitative estimate of drug-likeness (QED) is 0.617. The third-order valence-electron chi connectivity index (χ3n) is 3.48. The topological polar surface area (TPSA) is 85.1 Å². The number of pyridine rings is 1. The summed E-state index contributed by atoms with van der Waals surface area (Å²) in [4.78, 5) is 17.7. The second-order valence-electron chi connectivity index (χ2n) is 5.05. The molecule has 4 heterocycles. The van der Waals surface area contributed by atoms with Crippen molar-refractivity contribution >= 4 is 22.9 Å². The first-order chi connectivity index (χ1) is 11.8. The fourth-order valence-corrected chi connectivity index (χ4v) is 2.99. The van der Waals surface area contributed by atoms with E-state index in [2.05, 4.69) is 25.6 Å². The predicted molar refractivity (Wildman–Crippen MR) is 89.5 cm³/mol. The van der Waals surface area contributed by atoms with Crippen LogP contribution in [0.5, 0.6) is 0 Å². The van der Waals surface area contributed by atoms with E-state index in [4.69, 9.17) is 0 Å². The SMILES string of the molecule is O=C(NCc1cccs1)c1cc(-c2cccnc2)c2nncn2n1. The second kappa shape index (κ2) is 6.17. The lowest BCUT2D eigenvalue weighted by molar-refractivity contribution is 0.0945. The van der Waals surface area contributed by atoms with Crippen molar-refractivity contribution < 1.29 is 4.79 Å². The molecule has 1 amide bonds. The molecule has 0 saturated heterocycles. The van der Waals surface area contributed by atoms with Crippen LogP contribution in [0.4, 0.5) is 0 Å². The summed E-state index contributed by atoms with van der Waals surface area (Å²) >= 11 is 1.60. The van der Waals surface area contributed by atoms with Crippen molar-refractivity contribution in [1.29, 1.82) is 0 Å². The van der Waals surface area contributed by atoms with Gasteiger partial charge in [-0.25, -0.2) is 0 Å². The lowest BCUT2D eigenvalue weighted by Crippen LogP contribution is -2.24. The summed E-state index contributed by atoms with van der Waals surface area (Å²) in [6, 6.07) is 9.38. The lowest BCUT2D eigenvalue weighted by Gasteiger charge is -2.07. The van der Waals surface area contributed by atoms with Gasteiger partial charge in [0.25, 0.3) is 5.91 Å². The van der Waals surface area contributed by atoms with Gasteiger partial charge in [0, 0.05) is 28.4 Å². The first kappa shape index (κ1) is 14.5. The molecule has 0 fully saturated rings. The first-order valence-electron chi connectivity index (χ1n) is 7.23. The average molecular weight is 336 g/mol. The van der Waals surface area contributed by atoms with Gasteiger partial charge in [-0.1, -0.05) is 12.1 Å². The summed E-state index contributed by atoms with van der Waals surface area (Å²) in [7, 11) is 0. The van der Waals surface area contributed by atoms with Gasteiger partial charge in [0.2, 0.25) is 0 Å². The summed E-state index contributed by atoms with van der Waals surface area (Å²) in [6.45, 7) is 0.473. The Hall–Kier alpha value is -3.13. The van der Waals surface area contributed by atoms with Gasteiger partial charge in [-0.05, 0) is 23.6 Å². The zero-order valence-corrected chi connectivity index (χ0v) is 13.3. The van der Waals surface area contributed by atoms with E-state index in [1.54, 1.807) is 29.8 Å². The zero-order valence-electron chi connectivity index (χ0n) is 12.5. The molecule has 0 aliphatic carbocycles. The minimum absolute atomic E-state index is 0.246. The summed E-state index contributed by atoms with van der Waals surface area (Å²) in [5.41, 5.74) is 2.50. The smallest absolute Gasteiger partial charge is 0.272 e. The number of carbonyl (C=O) groups excluding carboxylic acids is 1. The van der Waals surface area contributed by atoms with Crippen LogP contribution in [0.25, 0.3) is 16.8 Å². The molecule has 0 spiro atoms. The van der Waals surface area contributed by atoms with Gasteiger partial charge in [0.1, 0.15) is 12.0 Å². The highest BCUT2D eigenvalue weighted by Crippen LogP contribution is 2.22. The van der Waals surface area contributed by atoms with Crippen LogP contribution in [0.3, 0.4) is 0 Å². The standard InChI is InChI=1S/C16H12N6OS/c23-16(18-9-12-4-2-6-24-12)14-7-13(11-3-1-5-17-8-11)15-20-19-10-22(15)21-14/h1-8,10H,9H2,(H,18,23). The Morgan fingerprint density at radius 3 is 3.04 bits per heavy atom. The second-order valence-corrected chi connectivity index (χ2v) is 6.08. The van der Waals surface area contributed by atoms with E-state index in [-0.39, 0.29) is 5.91 Å². The first-order valence-corrected chi connectivity index (χ1v) is 8.11. The monoisotopic (exact) mass is 336 g/mol. The molecule has 0 aliphatic rings. The molecule has 0 radical (unpaired) electrons. The molecular weight excluding hydrogens is 324 g/mol. The van der Waals surface area contributed by atoms with Crippen LogP contribution in [0.1, 0.15) is 15.4 Å². The highest BCUT2D eigenvalue weighted by Gasteiger charge is 2.15. The highest BCUT2D eigenvalue weighted by molar-refractivity contribution is 7.09. The Balaban J connectivity index is 1.69. The molecule has 0 atom stereocenters. The fourth-order valence-electron chi connectivity index (χ4n) is 2.34. The number of nitrogens with one attached hydrogen (secondary N) is 1. The fraction of sp³-hybridized carbons (Fsp3) is 0.0625. The van der Waals surface area contributed by atoms with Crippen molar-refractivity contribution in [3.8, 4) is 11.1 Å². The molecule has 0 bridgehead atoms. The van der Waals surface area contributed by atoms with Crippen LogP contribution in [-0.2, 0) is 6.54 Å². The summed E-state index contributed by atoms with van der Waals surface area (Å²) < 4.78 is 1.50. The van der Waals surface area contributed by atoms with Gasteiger partial charge in [-0.3, -0.25) is 9.78 Å². The van der Waals surface area contributed by atoms with Crippen molar-refractivity contribution in [2.75, 3.05) is 0 Å². The van der Waals surface area contributed by atoms with E-state index in [0.717, 1.165) is 16.0 Å². The Labute approximate surface area is 141 Å². The minimum atomic E-state index is -0.246. The number of thiophene rings is 1. The van der Waals surface area contributed by atoms with Crippen molar-refractivity contribution in [3.05, 3.63) is 65.0 Å². The number of aromatic nitrogens is 5. The van der Waals surface area contributed by atoms with Crippen LogP contribution in [0.2, 0.25) is 0 Å². The largest absolute Gasteiger partial charge is 0.346 e. The van der Waals surface area contributed by atoms with E-state index >= 15 is 0 Å². The van der Waals surface area contributed by atoms with E-state index in [9.17, 15) is 4.79 Å². The number of rotatable bonds is 4. The van der Waals surface area contributed by atoms with Crippen LogP contribution >= 0.6 is 11.3 Å². The van der Waals surface area contributed by atoms with E-state index in [0.29, 0.717) is 17.9 Å². The molecule has 4 rings (SSSR count). The van der Waals surface area contributed by atoms with Crippen molar-refractivity contribution in [2.24, 2.45) is 0 Å². The molecule has 4 aromatic heterocycles. The molecule has 1 N–H and O–H groups in total. The number of amides is 1. The number of carbonyl (C=O) groups is 1. The molecule has 118 valence electrons. The maximum absolute atomic E-state index is 12.5. The van der Waals surface area contributed by atoms with Gasteiger partial charge >= 0.3 is 0 Å². The van der Waals surface area contributed by atoms with Crippen molar-refractivity contribution in [3.63, 3.8) is 0 Å². The lowest BCUT2D eigenvalue weighted by atomic mass is 10.1. The maximum Gasteiger partial charge on any atom is 0.272 e. The summed E-state index contributed by atoms with van der Waals surface area (Å²) in [5.74, 6) is -0.246. The average Bonchev–Trinajstić information content (AvgIpc) is 3.31. The molecule has 0 unspecified atom stereocenters. The number of hydrogen-bond donors (Lipinski definition) is 1. The molecule has 24 heavy (non-hydrogen) atoms. The van der Waals surface area contributed by atoms with E-state index in [1.807, 2.05) is 29.6 Å². The van der Waals surface area contributed by atoms with Crippen LogP contribution in [-0.4, -0.2) is 30.7 Å². The number of fused-ring (bicyclic) bond motifs is 1. The van der Waals surface area contributed by atoms with Gasteiger partial charge < -0.3 is 5.32 Å². The van der Waals surface area contributed by atoms with Gasteiger partial charge in [-0.15, -0.1) is 21.5 Å². The number of nitrogens with zero attached hydrogens (tertiary/aromatic N) is 5. The van der Waals surface area contributed by atoms with E-state index in [1.165, 1.54) is 10.8 Å². The normalized spacial score (nSPS) is 10.8. The Morgan fingerprint density at radius 2 is 2.25 bits per heavy atom. The van der Waals surface area contributed by atoms with E-state index < -0.39 is 0 Å². The zero-order chi connectivity index (χ0) is 16.4. The highest BCUT2D eigenvalue weighted by atomic mass is 32.1. The van der Waals surface area contributed by atoms with Crippen molar-refractivity contribution in [2.45, 2.75) is 6.54 Å². The molecule has 0 aromatic carbocycles. The maximum atomic E-state index is 12.5. The molecular formula is C16H12N6OS. The predicted octanol–water partition coefficient (Wildman–Crippen LogP) is 2.18. The minimum Gasteiger partial charge on any atom is -0.346 e. The summed E-state index contributed by atoms with van der Waals surface area (Å²) in [6.07, 6.45) is 4.89. The number of hydrogen-bond acceptors (Lipinski definition) is 6. The molecule has 0 aliphatic heterocycles. The van der Waals surface area contributed by atoms with Crippen LogP contribution in [0, 0.1) is 0 Å².